The van der Waals surface area contributed by atoms with Crippen molar-refractivity contribution in [3.05, 3.63) is 15.9 Å². The summed E-state index contributed by atoms with van der Waals surface area (Å²) in [6, 6.07) is 0. The molecule has 5 rings (SSSR count). The topological polar surface area (TPSA) is 73.8 Å². The minimum atomic E-state index is -0.482. The molecule has 4 saturated carbocycles. The van der Waals surface area contributed by atoms with Crippen molar-refractivity contribution in [3.8, 4) is 0 Å². The van der Waals surface area contributed by atoms with Crippen molar-refractivity contribution in [2.24, 2.45) is 17.8 Å². The second kappa shape index (κ2) is 3.55. The Labute approximate surface area is 111 Å². The third-order valence-corrected chi connectivity index (χ3v) is 5.38. The molecule has 0 unspecified atom stereocenters. The van der Waals surface area contributed by atoms with Crippen molar-refractivity contribution >= 4 is 5.95 Å². The highest BCUT2D eigenvalue weighted by atomic mass is 16.6. The van der Waals surface area contributed by atoms with E-state index in [0.717, 1.165) is 37.0 Å². The highest BCUT2D eigenvalue weighted by Crippen LogP contribution is 2.58. The van der Waals surface area contributed by atoms with Crippen molar-refractivity contribution in [1.29, 1.82) is 0 Å². The maximum Gasteiger partial charge on any atom is 0.491 e. The predicted molar refractivity (Wildman–Crippen MR) is 67.6 cm³/mol. The number of hydrogen-bond donors (Lipinski definition) is 0. The van der Waals surface area contributed by atoms with E-state index < -0.39 is 4.92 Å². The summed E-state index contributed by atoms with van der Waals surface area (Å²) < 4.78 is 1.90. The highest BCUT2D eigenvalue weighted by Gasteiger charge is 2.54. The summed E-state index contributed by atoms with van der Waals surface area (Å²) in [5.74, 6) is 2.86. The number of aromatic nitrogens is 3. The van der Waals surface area contributed by atoms with Gasteiger partial charge in [-0.1, -0.05) is 0 Å². The van der Waals surface area contributed by atoms with Crippen LogP contribution < -0.4 is 0 Å². The van der Waals surface area contributed by atoms with E-state index in [1.54, 1.807) is 0 Å². The van der Waals surface area contributed by atoms with Crippen LogP contribution in [-0.4, -0.2) is 19.7 Å². The number of hydrogen-bond acceptors (Lipinski definition) is 4. The first kappa shape index (κ1) is 11.4. The fourth-order valence-corrected chi connectivity index (χ4v) is 5.23. The SMILES string of the molecule is Cc1nc([N+](=O)[O-])nn1C12CC3CC(CC(C3)C1)C2. The van der Waals surface area contributed by atoms with Crippen LogP contribution in [-0.2, 0) is 5.54 Å². The molecular formula is C13H18N4O2. The Kier molecular flexibility index (Phi) is 2.13. The molecule has 4 aliphatic rings. The molecule has 0 saturated heterocycles. The molecule has 0 radical (unpaired) electrons. The maximum absolute atomic E-state index is 10.9. The molecule has 0 spiro atoms. The number of nitrogens with zero attached hydrogens (tertiary/aromatic N) is 4. The Morgan fingerprint density at radius 1 is 1.21 bits per heavy atom. The molecule has 102 valence electrons. The normalized spacial score (nSPS) is 39.7. The van der Waals surface area contributed by atoms with E-state index in [4.69, 9.17) is 0 Å². The molecule has 1 aromatic rings. The van der Waals surface area contributed by atoms with E-state index in [2.05, 4.69) is 10.1 Å². The van der Waals surface area contributed by atoms with Crippen LogP contribution in [0, 0.1) is 34.8 Å². The summed E-state index contributed by atoms with van der Waals surface area (Å²) in [4.78, 5) is 14.4. The van der Waals surface area contributed by atoms with Crippen LogP contribution in [0.3, 0.4) is 0 Å². The van der Waals surface area contributed by atoms with Gasteiger partial charge in [-0.2, -0.15) is 4.68 Å². The summed E-state index contributed by atoms with van der Waals surface area (Å²) in [6.45, 7) is 1.85. The van der Waals surface area contributed by atoms with Gasteiger partial charge in [-0.25, -0.2) is 0 Å². The molecule has 1 aromatic heterocycles. The van der Waals surface area contributed by atoms with Gasteiger partial charge in [0, 0.05) is 12.0 Å². The van der Waals surface area contributed by atoms with Crippen molar-refractivity contribution in [2.75, 3.05) is 0 Å². The molecule has 0 amide bonds. The molecule has 4 fully saturated rings. The summed E-state index contributed by atoms with van der Waals surface area (Å²) in [5, 5.41) is 15.1. The second-order valence-corrected chi connectivity index (χ2v) is 6.77. The van der Waals surface area contributed by atoms with E-state index >= 15 is 0 Å². The van der Waals surface area contributed by atoms with Crippen LogP contribution >= 0.6 is 0 Å². The van der Waals surface area contributed by atoms with Crippen LogP contribution in [0.15, 0.2) is 0 Å². The minimum Gasteiger partial charge on any atom is -0.390 e. The number of aryl methyl sites for hydroxylation is 1. The molecular weight excluding hydrogens is 244 g/mol. The molecule has 19 heavy (non-hydrogen) atoms. The van der Waals surface area contributed by atoms with Gasteiger partial charge in [-0.15, -0.1) is 0 Å². The summed E-state index contributed by atoms with van der Waals surface area (Å²) in [5.41, 5.74) is 0.0279. The lowest BCUT2D eigenvalue weighted by atomic mass is 9.53. The van der Waals surface area contributed by atoms with Crippen molar-refractivity contribution in [2.45, 2.75) is 51.0 Å². The van der Waals surface area contributed by atoms with Gasteiger partial charge in [-0.3, -0.25) is 0 Å². The van der Waals surface area contributed by atoms with Gasteiger partial charge < -0.3 is 10.1 Å². The number of nitro groups is 1. The first-order valence-corrected chi connectivity index (χ1v) is 7.14. The zero-order chi connectivity index (χ0) is 13.2. The van der Waals surface area contributed by atoms with Crippen LogP contribution in [0.5, 0.6) is 0 Å². The lowest BCUT2D eigenvalue weighted by Crippen LogP contribution is -2.52. The van der Waals surface area contributed by atoms with Crippen LogP contribution in [0.1, 0.15) is 44.3 Å². The van der Waals surface area contributed by atoms with E-state index in [1.165, 1.54) is 19.3 Å². The average molecular weight is 262 g/mol. The summed E-state index contributed by atoms with van der Waals surface area (Å²) >= 11 is 0. The molecule has 6 nitrogen and oxygen atoms in total. The molecule has 4 bridgehead atoms. The van der Waals surface area contributed by atoms with Gasteiger partial charge in [0.1, 0.15) is 0 Å². The van der Waals surface area contributed by atoms with Gasteiger partial charge in [0.05, 0.1) is 5.54 Å². The Balaban J connectivity index is 1.77. The third kappa shape index (κ3) is 1.55. The fourth-order valence-electron chi connectivity index (χ4n) is 5.23. The van der Waals surface area contributed by atoms with Crippen LogP contribution in [0.25, 0.3) is 0 Å². The van der Waals surface area contributed by atoms with Crippen LogP contribution in [0.2, 0.25) is 0 Å². The second-order valence-electron chi connectivity index (χ2n) is 6.77. The van der Waals surface area contributed by atoms with Gasteiger partial charge in [0.2, 0.25) is 5.82 Å². The average Bonchev–Trinajstić information content (AvgIpc) is 2.70. The molecule has 0 N–H and O–H groups in total. The largest absolute Gasteiger partial charge is 0.491 e. The van der Waals surface area contributed by atoms with Gasteiger partial charge in [-0.05, 0) is 66.2 Å². The smallest absolute Gasteiger partial charge is 0.390 e. The summed E-state index contributed by atoms with van der Waals surface area (Å²) in [6.07, 6.45) is 7.49. The van der Waals surface area contributed by atoms with E-state index in [0.29, 0.717) is 5.82 Å². The van der Waals surface area contributed by atoms with Gasteiger partial charge >= 0.3 is 5.95 Å². The molecule has 0 atom stereocenters. The molecule has 0 aliphatic heterocycles. The fraction of sp³-hybridized carbons (Fsp3) is 0.846. The first-order chi connectivity index (χ1) is 9.06. The molecule has 1 heterocycles. The number of rotatable bonds is 2. The Bertz CT molecular complexity index is 516. The van der Waals surface area contributed by atoms with E-state index in [9.17, 15) is 10.1 Å². The monoisotopic (exact) mass is 262 g/mol. The van der Waals surface area contributed by atoms with Crippen molar-refractivity contribution in [3.63, 3.8) is 0 Å². The Morgan fingerprint density at radius 3 is 2.16 bits per heavy atom. The standard InChI is InChI=1S/C13H18N4O2/c1-8-14-12(17(18)19)15-16(8)13-5-9-2-10(6-13)4-11(3-9)7-13/h9-11H,2-7H2,1H3. The van der Waals surface area contributed by atoms with Crippen molar-refractivity contribution < 1.29 is 4.92 Å². The Hall–Kier alpha value is -1.46. The molecule has 6 heteroatoms. The third-order valence-electron chi connectivity index (χ3n) is 5.38. The van der Waals surface area contributed by atoms with Gasteiger partial charge in [0.25, 0.3) is 0 Å². The minimum absolute atomic E-state index is 0.0279. The quantitative estimate of drug-likeness (QED) is 0.606. The summed E-state index contributed by atoms with van der Waals surface area (Å²) in [7, 11) is 0. The zero-order valence-electron chi connectivity index (χ0n) is 11.1. The van der Waals surface area contributed by atoms with E-state index in [-0.39, 0.29) is 11.5 Å². The lowest BCUT2D eigenvalue weighted by molar-refractivity contribution is -0.394. The van der Waals surface area contributed by atoms with Crippen LogP contribution in [0.4, 0.5) is 5.95 Å². The molecule has 4 aliphatic carbocycles. The maximum atomic E-state index is 10.9. The van der Waals surface area contributed by atoms with Crippen molar-refractivity contribution in [1.82, 2.24) is 14.8 Å². The predicted octanol–water partition coefficient (Wildman–Crippen LogP) is 2.42. The highest BCUT2D eigenvalue weighted by molar-refractivity contribution is 5.11. The zero-order valence-corrected chi connectivity index (χ0v) is 11.1. The van der Waals surface area contributed by atoms with E-state index in [1.807, 2.05) is 11.6 Å². The Morgan fingerprint density at radius 2 is 1.74 bits per heavy atom. The molecule has 0 aromatic carbocycles. The first-order valence-electron chi connectivity index (χ1n) is 7.14. The lowest BCUT2D eigenvalue weighted by Gasteiger charge is -2.55. The van der Waals surface area contributed by atoms with Gasteiger partial charge in [0.15, 0.2) is 0 Å².